The summed E-state index contributed by atoms with van der Waals surface area (Å²) in [6, 6.07) is 0. The molecule has 0 radical (unpaired) electrons. The molecule has 0 rings (SSSR count). The second-order valence-corrected chi connectivity index (χ2v) is 1.76. The summed E-state index contributed by atoms with van der Waals surface area (Å²) in [5, 5.41) is 16.5. The maximum atomic E-state index is 8.26. The van der Waals surface area contributed by atoms with Crippen LogP contribution in [0.2, 0.25) is 0 Å². The van der Waals surface area contributed by atoms with Crippen molar-refractivity contribution in [2.45, 2.75) is 0 Å². The van der Waals surface area contributed by atoms with E-state index in [9.17, 15) is 0 Å². The number of rotatable bonds is 7. The van der Waals surface area contributed by atoms with Crippen LogP contribution < -0.4 is 0 Å². The van der Waals surface area contributed by atoms with Crippen LogP contribution in [0.3, 0.4) is 0 Å². The van der Waals surface area contributed by atoms with Gasteiger partial charge >= 0.3 is 0 Å². The van der Waals surface area contributed by atoms with Gasteiger partial charge in [-0.2, -0.15) is 0 Å². The third kappa shape index (κ3) is 24.7. The first kappa shape index (κ1) is 14.7. The van der Waals surface area contributed by atoms with Crippen LogP contribution in [-0.4, -0.2) is 49.9 Å². The molecular formula is C6H14N3O4-. The molecule has 0 saturated heterocycles. The van der Waals surface area contributed by atoms with Crippen molar-refractivity contribution in [1.29, 1.82) is 0 Å². The largest absolute Gasteiger partial charge is 0.394 e. The van der Waals surface area contributed by atoms with Crippen LogP contribution in [-0.2, 0) is 9.47 Å². The zero-order chi connectivity index (χ0) is 10.4. The summed E-state index contributed by atoms with van der Waals surface area (Å²) in [7, 11) is 0. The standard InChI is InChI=1S/C6H14O4.N3/c7-1-3-9-5-6-10-4-2-8;1-3-2/h7-8H,1-6H2;/q;-1. The molecule has 0 aliphatic heterocycles. The third-order valence-corrected chi connectivity index (χ3v) is 0.843. The fourth-order valence-electron chi connectivity index (χ4n) is 0.451. The summed E-state index contributed by atoms with van der Waals surface area (Å²) in [5.41, 5.74) is 13.5. The van der Waals surface area contributed by atoms with E-state index in [1.54, 1.807) is 0 Å². The average Bonchev–Trinajstić information content (AvgIpc) is 2.13. The van der Waals surface area contributed by atoms with E-state index in [-0.39, 0.29) is 13.2 Å². The first-order valence-corrected chi connectivity index (χ1v) is 3.69. The van der Waals surface area contributed by atoms with Crippen molar-refractivity contribution < 1.29 is 19.7 Å². The molecule has 7 heteroatoms. The van der Waals surface area contributed by atoms with Crippen molar-refractivity contribution in [2.24, 2.45) is 0 Å². The van der Waals surface area contributed by atoms with E-state index in [2.05, 4.69) is 0 Å². The first-order valence-electron chi connectivity index (χ1n) is 3.69. The third-order valence-electron chi connectivity index (χ3n) is 0.843. The molecule has 0 amide bonds. The summed E-state index contributed by atoms with van der Waals surface area (Å²) in [5.74, 6) is 0. The molecule has 0 bridgehead atoms. The highest BCUT2D eigenvalue weighted by molar-refractivity contribution is 4.36. The normalized spacial score (nSPS) is 8.46. The van der Waals surface area contributed by atoms with Crippen molar-refractivity contribution in [3.8, 4) is 0 Å². The predicted molar refractivity (Wildman–Crippen MR) is 45.9 cm³/mol. The number of aliphatic hydroxyl groups is 2. The Hall–Kier alpha value is -0.850. The molecule has 0 saturated carbocycles. The monoisotopic (exact) mass is 192 g/mol. The van der Waals surface area contributed by atoms with E-state index in [4.69, 9.17) is 30.7 Å². The zero-order valence-corrected chi connectivity index (χ0v) is 7.30. The molecule has 0 aliphatic carbocycles. The highest BCUT2D eigenvalue weighted by Crippen LogP contribution is 1.76. The van der Waals surface area contributed by atoms with Crippen molar-refractivity contribution in [3.05, 3.63) is 16.0 Å². The molecule has 0 aromatic carbocycles. The lowest BCUT2D eigenvalue weighted by Gasteiger charge is -2.01. The molecule has 0 atom stereocenters. The molecule has 0 heterocycles. The van der Waals surface area contributed by atoms with Gasteiger partial charge in [0.05, 0.1) is 39.6 Å². The highest BCUT2D eigenvalue weighted by atomic mass is 16.5. The Morgan fingerprint density at radius 3 is 1.38 bits per heavy atom. The molecule has 0 aromatic rings. The lowest BCUT2D eigenvalue weighted by atomic mass is 10.7. The van der Waals surface area contributed by atoms with Crippen molar-refractivity contribution in [2.75, 3.05) is 39.6 Å². The van der Waals surface area contributed by atoms with Crippen LogP contribution in [0.5, 0.6) is 0 Å². The van der Waals surface area contributed by atoms with E-state index in [0.29, 0.717) is 26.4 Å². The topological polar surface area (TPSA) is 118 Å². The van der Waals surface area contributed by atoms with Crippen molar-refractivity contribution in [1.82, 2.24) is 0 Å². The summed E-state index contributed by atoms with van der Waals surface area (Å²) >= 11 is 0. The highest BCUT2D eigenvalue weighted by Gasteiger charge is 1.86. The first-order chi connectivity index (χ1) is 6.33. The molecule has 0 aliphatic rings. The minimum atomic E-state index is 0.0417. The molecule has 2 N–H and O–H groups in total. The van der Waals surface area contributed by atoms with Gasteiger partial charge in [0.25, 0.3) is 0 Å². The van der Waals surface area contributed by atoms with Gasteiger partial charge in [0.2, 0.25) is 0 Å². The van der Waals surface area contributed by atoms with Gasteiger partial charge in [-0.25, -0.2) is 0 Å². The summed E-state index contributed by atoms with van der Waals surface area (Å²) < 4.78 is 9.75. The number of aliphatic hydroxyl groups excluding tert-OH is 2. The van der Waals surface area contributed by atoms with E-state index < -0.39 is 0 Å². The van der Waals surface area contributed by atoms with E-state index in [1.807, 2.05) is 0 Å². The Morgan fingerprint density at radius 2 is 1.15 bits per heavy atom. The maximum Gasteiger partial charge on any atom is 0.0701 e. The smallest absolute Gasteiger partial charge is 0.0701 e. The van der Waals surface area contributed by atoms with Crippen LogP contribution >= 0.6 is 0 Å². The number of ether oxygens (including phenoxy) is 2. The molecule has 7 nitrogen and oxygen atoms in total. The minimum Gasteiger partial charge on any atom is -0.394 e. The molecule has 0 fully saturated rings. The Bertz CT molecular complexity index is 108. The Kier molecular flexibility index (Phi) is 19.5. The summed E-state index contributed by atoms with van der Waals surface area (Å²) in [6.45, 7) is 1.73. The quantitative estimate of drug-likeness (QED) is 0.253. The summed E-state index contributed by atoms with van der Waals surface area (Å²) in [6.07, 6.45) is 0. The Morgan fingerprint density at radius 1 is 0.846 bits per heavy atom. The van der Waals surface area contributed by atoms with Crippen LogP contribution in [0.1, 0.15) is 0 Å². The van der Waals surface area contributed by atoms with Gasteiger partial charge in [0.15, 0.2) is 0 Å². The zero-order valence-electron chi connectivity index (χ0n) is 7.30. The lowest BCUT2D eigenvalue weighted by Crippen LogP contribution is -2.09. The van der Waals surface area contributed by atoms with Gasteiger partial charge in [0, 0.05) is 0 Å². The van der Waals surface area contributed by atoms with Crippen LogP contribution in [0, 0.1) is 0 Å². The molecule has 0 unspecified atom stereocenters. The van der Waals surface area contributed by atoms with E-state index in [0.717, 1.165) is 0 Å². The fraction of sp³-hybridized carbons (Fsp3) is 1.00. The summed E-state index contributed by atoms with van der Waals surface area (Å²) in [4.78, 5) is 1.50. The van der Waals surface area contributed by atoms with Gasteiger partial charge in [-0.1, -0.05) is 0 Å². The average molecular weight is 192 g/mol. The molecular weight excluding hydrogens is 178 g/mol. The van der Waals surface area contributed by atoms with Gasteiger partial charge in [-0.15, -0.1) is 0 Å². The number of hydrogen-bond donors (Lipinski definition) is 2. The number of hydrogen-bond acceptors (Lipinski definition) is 4. The second kappa shape index (κ2) is 17.3. The Balaban J connectivity index is 0. The minimum absolute atomic E-state index is 0.0417. The van der Waals surface area contributed by atoms with Crippen LogP contribution in [0.4, 0.5) is 0 Å². The van der Waals surface area contributed by atoms with Gasteiger partial charge in [-0.05, 0) is 0 Å². The van der Waals surface area contributed by atoms with E-state index in [1.165, 1.54) is 4.91 Å². The SMILES string of the molecule is OCCOCCOCCO.[N-]=[N+]=[N-]. The molecule has 0 aromatic heterocycles. The van der Waals surface area contributed by atoms with Crippen molar-refractivity contribution >= 4 is 0 Å². The molecule has 13 heavy (non-hydrogen) atoms. The van der Waals surface area contributed by atoms with E-state index >= 15 is 0 Å². The van der Waals surface area contributed by atoms with Gasteiger partial charge in [0.1, 0.15) is 0 Å². The Labute approximate surface area is 76.3 Å². The predicted octanol–water partition coefficient (Wildman–Crippen LogP) is -0.130. The van der Waals surface area contributed by atoms with Crippen molar-refractivity contribution in [3.63, 3.8) is 0 Å². The fourth-order valence-corrected chi connectivity index (χ4v) is 0.451. The second-order valence-electron chi connectivity index (χ2n) is 1.76. The lowest BCUT2D eigenvalue weighted by molar-refractivity contribution is 0.0222. The maximum absolute atomic E-state index is 8.26. The van der Waals surface area contributed by atoms with Gasteiger partial charge in [-0.3, -0.25) is 4.91 Å². The molecule has 0 spiro atoms. The van der Waals surface area contributed by atoms with Crippen LogP contribution in [0.25, 0.3) is 16.0 Å². The van der Waals surface area contributed by atoms with Gasteiger partial charge < -0.3 is 30.7 Å². The number of nitrogens with zero attached hydrogens (tertiary/aromatic N) is 3. The van der Waals surface area contributed by atoms with Crippen LogP contribution in [0.15, 0.2) is 0 Å². The molecule has 78 valence electrons.